The van der Waals surface area contributed by atoms with Gasteiger partial charge in [-0.25, -0.2) is 14.6 Å². The van der Waals surface area contributed by atoms with Gasteiger partial charge in [0.2, 0.25) is 6.79 Å². The van der Waals surface area contributed by atoms with Gasteiger partial charge < -0.3 is 14.2 Å². The number of rotatable bonds is 11. The number of carbonyl (C=O) groups is 4. The molecule has 0 bridgehead atoms. The van der Waals surface area contributed by atoms with E-state index in [9.17, 15) is 19.2 Å². The molecule has 0 saturated heterocycles. The van der Waals surface area contributed by atoms with E-state index in [0.29, 0.717) is 28.5 Å². The number of carbonyl (C=O) groups excluding carboxylic acids is 4. The molecule has 0 saturated carbocycles. The third kappa shape index (κ3) is 9.42. The summed E-state index contributed by atoms with van der Waals surface area (Å²) in [6, 6.07) is 16.9. The highest BCUT2D eigenvalue weighted by atomic mass is 16.7. The predicted octanol–water partition coefficient (Wildman–Crippen LogP) is 8.13. The monoisotopic (exact) mass is 630 g/mol. The van der Waals surface area contributed by atoms with Crippen molar-refractivity contribution in [3.8, 4) is 5.75 Å². The van der Waals surface area contributed by atoms with Crippen LogP contribution in [0.1, 0.15) is 107 Å². The van der Waals surface area contributed by atoms with E-state index in [1.54, 1.807) is 76.2 Å². The quantitative estimate of drug-likeness (QED) is 0.0912. The van der Waals surface area contributed by atoms with Crippen LogP contribution in [0.15, 0.2) is 60.7 Å². The molecule has 0 unspecified atom stereocenters. The number of aryl methyl sites for hydroxylation is 3. The van der Waals surface area contributed by atoms with Crippen molar-refractivity contribution >= 4 is 23.9 Å². The molecule has 0 aliphatic rings. The topological polar surface area (TPSA) is 102 Å². The van der Waals surface area contributed by atoms with Crippen molar-refractivity contribution < 1.29 is 33.4 Å². The molecule has 0 aliphatic heterocycles. The number of amides is 3. The lowest BCUT2D eigenvalue weighted by atomic mass is 10.0. The summed E-state index contributed by atoms with van der Waals surface area (Å²) < 4.78 is 16.3. The van der Waals surface area contributed by atoms with Crippen LogP contribution in [0, 0.1) is 27.7 Å². The van der Waals surface area contributed by atoms with Crippen molar-refractivity contribution in [2.75, 3.05) is 13.4 Å². The average Bonchev–Trinajstić information content (AvgIpc) is 2.99. The highest BCUT2D eigenvalue weighted by Gasteiger charge is 2.41. The normalized spacial score (nSPS) is 11.0. The zero-order valence-electron chi connectivity index (χ0n) is 28.3. The fourth-order valence-corrected chi connectivity index (χ4v) is 4.95. The van der Waals surface area contributed by atoms with Crippen LogP contribution in [-0.2, 0) is 9.47 Å². The summed E-state index contributed by atoms with van der Waals surface area (Å²) in [6.07, 6.45) is 3.19. The molecular formula is C37H46N2O7. The minimum Gasteiger partial charge on any atom is -0.494 e. The molecule has 0 aliphatic carbocycles. The number of unbranched alkanes of at least 4 members (excludes halogenated alkanes) is 3. The number of imide groups is 1. The number of hydrazine groups is 1. The second-order valence-electron chi connectivity index (χ2n) is 12.4. The van der Waals surface area contributed by atoms with Crippen LogP contribution in [0.25, 0.3) is 0 Å². The summed E-state index contributed by atoms with van der Waals surface area (Å²) in [5.41, 5.74) is 2.91. The van der Waals surface area contributed by atoms with Gasteiger partial charge in [-0.1, -0.05) is 55.5 Å². The van der Waals surface area contributed by atoms with Gasteiger partial charge in [0.05, 0.1) is 17.7 Å². The van der Waals surface area contributed by atoms with Crippen molar-refractivity contribution in [2.24, 2.45) is 0 Å². The van der Waals surface area contributed by atoms with E-state index in [1.807, 2.05) is 32.9 Å². The second kappa shape index (κ2) is 16.1. The molecular weight excluding hydrogens is 584 g/mol. The largest absolute Gasteiger partial charge is 0.494 e. The summed E-state index contributed by atoms with van der Waals surface area (Å²) in [4.78, 5) is 54.6. The van der Waals surface area contributed by atoms with Gasteiger partial charge in [0.25, 0.3) is 11.8 Å². The summed E-state index contributed by atoms with van der Waals surface area (Å²) in [7, 11) is 0. The lowest BCUT2D eigenvalue weighted by Crippen LogP contribution is -2.60. The predicted molar refractivity (Wildman–Crippen MR) is 177 cm³/mol. The molecule has 9 nitrogen and oxygen atoms in total. The van der Waals surface area contributed by atoms with Gasteiger partial charge in [-0.2, -0.15) is 0 Å². The summed E-state index contributed by atoms with van der Waals surface area (Å²) in [5, 5.41) is 1.79. The van der Waals surface area contributed by atoms with Crippen LogP contribution in [0.4, 0.5) is 4.79 Å². The van der Waals surface area contributed by atoms with Gasteiger partial charge >= 0.3 is 12.1 Å². The molecule has 3 aromatic carbocycles. The molecule has 3 rings (SSSR count). The first kappa shape index (κ1) is 35.8. The molecule has 0 N–H and O–H groups in total. The zero-order valence-corrected chi connectivity index (χ0v) is 28.3. The molecule has 0 aromatic heterocycles. The smallest absolute Gasteiger partial charge is 0.439 e. The van der Waals surface area contributed by atoms with Crippen LogP contribution in [0.5, 0.6) is 5.75 Å². The van der Waals surface area contributed by atoms with Gasteiger partial charge in [-0.15, -0.1) is 5.01 Å². The van der Waals surface area contributed by atoms with E-state index in [2.05, 4.69) is 6.92 Å². The Morgan fingerprint density at radius 2 is 1.39 bits per heavy atom. The fourth-order valence-electron chi connectivity index (χ4n) is 4.95. The molecule has 3 aromatic rings. The molecule has 9 heteroatoms. The van der Waals surface area contributed by atoms with Crippen LogP contribution < -0.4 is 4.74 Å². The van der Waals surface area contributed by atoms with E-state index in [-0.39, 0.29) is 11.1 Å². The maximum atomic E-state index is 14.1. The van der Waals surface area contributed by atoms with Crippen molar-refractivity contribution in [1.82, 2.24) is 10.0 Å². The highest BCUT2D eigenvalue weighted by Crippen LogP contribution is 2.26. The molecule has 246 valence electrons. The zero-order chi connectivity index (χ0) is 34.0. The molecule has 0 spiro atoms. The van der Waals surface area contributed by atoms with E-state index in [1.165, 1.54) is 0 Å². The Morgan fingerprint density at radius 1 is 0.739 bits per heavy atom. The van der Waals surface area contributed by atoms with Gasteiger partial charge in [0.1, 0.15) is 5.75 Å². The van der Waals surface area contributed by atoms with E-state index in [0.717, 1.165) is 47.4 Å². The Hall–Kier alpha value is -4.66. The van der Waals surface area contributed by atoms with Crippen LogP contribution >= 0.6 is 0 Å². The summed E-state index contributed by atoms with van der Waals surface area (Å²) in [6.45, 7) is 14.4. The molecule has 0 atom stereocenters. The number of hydrogen-bond donors (Lipinski definition) is 0. The van der Waals surface area contributed by atoms with E-state index in [4.69, 9.17) is 14.2 Å². The third-order valence-electron chi connectivity index (χ3n) is 7.43. The van der Waals surface area contributed by atoms with Gasteiger partial charge in [-0.3, -0.25) is 9.59 Å². The second-order valence-corrected chi connectivity index (χ2v) is 12.4. The van der Waals surface area contributed by atoms with Crippen molar-refractivity contribution in [3.63, 3.8) is 0 Å². The van der Waals surface area contributed by atoms with Crippen molar-refractivity contribution in [3.05, 3.63) is 99.6 Å². The van der Waals surface area contributed by atoms with E-state index >= 15 is 0 Å². The maximum absolute atomic E-state index is 14.1. The van der Waals surface area contributed by atoms with Crippen LogP contribution in [-0.4, -0.2) is 52.8 Å². The Kier molecular flexibility index (Phi) is 12.5. The number of ether oxygens (including phenoxy) is 3. The maximum Gasteiger partial charge on any atom is 0.439 e. The van der Waals surface area contributed by atoms with Crippen molar-refractivity contribution in [1.29, 1.82) is 0 Å². The van der Waals surface area contributed by atoms with Crippen molar-refractivity contribution in [2.45, 2.75) is 86.6 Å². The number of nitrogens with zero attached hydrogens (tertiary/aromatic N) is 2. The number of benzene rings is 3. The fraction of sp³-hybridized carbons (Fsp3) is 0.405. The Balaban J connectivity index is 1.83. The van der Waals surface area contributed by atoms with Crippen LogP contribution in [0.2, 0.25) is 0 Å². The first-order chi connectivity index (χ1) is 21.7. The van der Waals surface area contributed by atoms with E-state index < -0.39 is 36.2 Å². The first-order valence-electron chi connectivity index (χ1n) is 15.6. The van der Waals surface area contributed by atoms with Gasteiger partial charge in [-0.05, 0) is 108 Å². The molecule has 46 heavy (non-hydrogen) atoms. The lowest BCUT2D eigenvalue weighted by Gasteiger charge is -2.41. The lowest BCUT2D eigenvalue weighted by molar-refractivity contribution is -0.0585. The minimum absolute atomic E-state index is 0.226. The average molecular weight is 631 g/mol. The third-order valence-corrected chi connectivity index (χ3v) is 7.43. The SMILES string of the molecule is CCCCCCOc1ccc(C(=O)OCOC(=O)N(C(=O)c2cccc(C)c2C)N(C(=O)c2cc(C)cc(C)c2)C(C)(C)C)cc1. The Labute approximate surface area is 272 Å². The summed E-state index contributed by atoms with van der Waals surface area (Å²) in [5.74, 6) is -1.42. The highest BCUT2D eigenvalue weighted by molar-refractivity contribution is 6.07. The van der Waals surface area contributed by atoms with Gasteiger partial charge in [0, 0.05) is 11.1 Å². The minimum atomic E-state index is -1.17. The molecule has 3 amide bonds. The van der Waals surface area contributed by atoms with Gasteiger partial charge in [0.15, 0.2) is 0 Å². The number of esters is 1. The van der Waals surface area contributed by atoms with Crippen LogP contribution in [0.3, 0.4) is 0 Å². The number of hydrogen-bond acceptors (Lipinski definition) is 7. The summed E-state index contributed by atoms with van der Waals surface area (Å²) >= 11 is 0. The molecule has 0 heterocycles. The Morgan fingerprint density at radius 3 is 2.00 bits per heavy atom. The molecule has 0 radical (unpaired) electrons. The first-order valence-corrected chi connectivity index (χ1v) is 15.6. The molecule has 0 fully saturated rings. The Bertz CT molecular complexity index is 1520. The standard InChI is InChI=1S/C37H46N2O7/c1-9-10-11-12-20-44-31-18-16-29(17-19-31)35(42)45-24-46-36(43)38(34(41)32-15-13-14-27(4)28(32)5)39(37(6,7)8)33(40)30-22-25(2)21-26(3)23-30/h13-19,21-23H,9-12,20,24H2,1-8H3.